The van der Waals surface area contributed by atoms with Gasteiger partial charge in [0.15, 0.2) is 0 Å². The third-order valence-corrected chi connectivity index (χ3v) is 2.96. The second-order valence-corrected chi connectivity index (χ2v) is 4.47. The summed E-state index contributed by atoms with van der Waals surface area (Å²) in [7, 11) is 0. The molecule has 0 aliphatic heterocycles. The molecule has 0 bridgehead atoms. The number of nitrogen functional groups attached to an aromatic ring is 1. The topological polar surface area (TPSA) is 98.7 Å². The summed E-state index contributed by atoms with van der Waals surface area (Å²) in [5.74, 6) is 0. The molecule has 0 radical (unpaired) electrons. The van der Waals surface area contributed by atoms with Crippen LogP contribution in [0.1, 0.15) is 0 Å². The first-order valence-electron chi connectivity index (χ1n) is 4.73. The zero-order valence-electron chi connectivity index (χ0n) is 8.65. The van der Waals surface area contributed by atoms with Crippen molar-refractivity contribution in [2.45, 2.75) is 5.54 Å². The maximum atomic E-state index is 9.16. The van der Waals surface area contributed by atoms with E-state index in [1.165, 1.54) is 0 Å². The van der Waals surface area contributed by atoms with Gasteiger partial charge in [-0.25, -0.2) is 0 Å². The van der Waals surface area contributed by atoms with E-state index >= 15 is 0 Å². The molecular weight excluding hydrogens is 276 g/mol. The van der Waals surface area contributed by atoms with Crippen molar-refractivity contribution in [3.63, 3.8) is 0 Å². The summed E-state index contributed by atoms with van der Waals surface area (Å²) >= 11 is 3.30. The van der Waals surface area contributed by atoms with Crippen molar-refractivity contribution in [2.24, 2.45) is 0 Å². The van der Waals surface area contributed by atoms with Crippen LogP contribution in [0.5, 0.6) is 0 Å². The highest BCUT2D eigenvalue weighted by Crippen LogP contribution is 2.27. The van der Waals surface area contributed by atoms with Gasteiger partial charge in [-0.2, -0.15) is 0 Å². The van der Waals surface area contributed by atoms with Gasteiger partial charge >= 0.3 is 0 Å². The zero-order valence-corrected chi connectivity index (χ0v) is 10.2. The van der Waals surface area contributed by atoms with Gasteiger partial charge in [-0.15, -0.1) is 0 Å². The number of anilines is 2. The molecule has 0 atom stereocenters. The number of nitrogens with two attached hydrogens (primary N) is 1. The highest BCUT2D eigenvalue weighted by atomic mass is 79.9. The minimum atomic E-state index is -1.14. The summed E-state index contributed by atoms with van der Waals surface area (Å²) in [5, 5.41) is 30.4. The fourth-order valence-electron chi connectivity index (χ4n) is 1.19. The maximum absolute atomic E-state index is 9.16. The highest BCUT2D eigenvalue weighted by molar-refractivity contribution is 9.10. The third-order valence-electron chi connectivity index (χ3n) is 2.30. The number of benzene rings is 1. The lowest BCUT2D eigenvalue weighted by Crippen LogP contribution is -2.49. The van der Waals surface area contributed by atoms with Crippen LogP contribution in [0.4, 0.5) is 11.4 Å². The molecule has 0 aliphatic carbocycles. The molecule has 0 aromatic heterocycles. The quantitative estimate of drug-likeness (QED) is 0.498. The van der Waals surface area contributed by atoms with E-state index in [-0.39, 0.29) is 19.8 Å². The van der Waals surface area contributed by atoms with E-state index < -0.39 is 5.54 Å². The minimum Gasteiger partial charge on any atom is -0.399 e. The van der Waals surface area contributed by atoms with E-state index in [2.05, 4.69) is 21.2 Å². The predicted molar refractivity (Wildman–Crippen MR) is 66.2 cm³/mol. The molecule has 0 unspecified atom stereocenters. The van der Waals surface area contributed by atoms with Crippen molar-refractivity contribution in [3.8, 4) is 0 Å². The second kappa shape index (κ2) is 5.49. The number of aliphatic hydroxyl groups excluding tert-OH is 3. The summed E-state index contributed by atoms with van der Waals surface area (Å²) in [6.45, 7) is -1.13. The Hall–Kier alpha value is -0.820. The average molecular weight is 291 g/mol. The summed E-state index contributed by atoms with van der Waals surface area (Å²) in [6, 6.07) is 5.08. The van der Waals surface area contributed by atoms with Gasteiger partial charge in [0.25, 0.3) is 0 Å². The summed E-state index contributed by atoms with van der Waals surface area (Å²) in [5.41, 5.74) is 5.68. The SMILES string of the molecule is Nc1ccc(NC(CO)(CO)CO)c(Br)c1. The van der Waals surface area contributed by atoms with Crippen molar-refractivity contribution in [1.29, 1.82) is 0 Å². The molecule has 0 fully saturated rings. The Labute approximate surface area is 102 Å². The molecule has 1 aromatic rings. The number of halogens is 1. The summed E-state index contributed by atoms with van der Waals surface area (Å²) < 4.78 is 0.701. The van der Waals surface area contributed by atoms with Gasteiger partial charge < -0.3 is 26.4 Å². The largest absolute Gasteiger partial charge is 0.399 e. The Morgan fingerprint density at radius 1 is 1.19 bits per heavy atom. The number of aliphatic hydroxyl groups is 3. The molecule has 0 aliphatic rings. The zero-order chi connectivity index (χ0) is 12.2. The van der Waals surface area contributed by atoms with Gasteiger partial charge in [-0.3, -0.25) is 0 Å². The molecule has 0 saturated carbocycles. The van der Waals surface area contributed by atoms with Crippen molar-refractivity contribution in [2.75, 3.05) is 30.9 Å². The summed E-state index contributed by atoms with van der Waals surface area (Å²) in [4.78, 5) is 0. The molecule has 0 amide bonds. The van der Waals surface area contributed by atoms with Gasteiger partial charge in [0.05, 0.1) is 19.8 Å². The molecule has 5 nitrogen and oxygen atoms in total. The van der Waals surface area contributed by atoms with E-state index in [0.29, 0.717) is 15.8 Å². The molecule has 0 heterocycles. The second-order valence-electron chi connectivity index (χ2n) is 3.62. The van der Waals surface area contributed by atoms with E-state index in [1.54, 1.807) is 18.2 Å². The van der Waals surface area contributed by atoms with Crippen molar-refractivity contribution < 1.29 is 15.3 Å². The number of rotatable bonds is 5. The maximum Gasteiger partial charge on any atom is 0.107 e. The van der Waals surface area contributed by atoms with E-state index in [9.17, 15) is 0 Å². The number of nitrogens with one attached hydrogen (secondary N) is 1. The Kier molecular flexibility index (Phi) is 4.55. The van der Waals surface area contributed by atoms with Crippen molar-refractivity contribution in [3.05, 3.63) is 22.7 Å². The summed E-state index contributed by atoms with van der Waals surface area (Å²) in [6.07, 6.45) is 0. The first-order valence-corrected chi connectivity index (χ1v) is 5.52. The van der Waals surface area contributed by atoms with Crippen molar-refractivity contribution >= 4 is 27.3 Å². The van der Waals surface area contributed by atoms with Gasteiger partial charge in [-0.1, -0.05) is 0 Å². The van der Waals surface area contributed by atoms with Gasteiger partial charge in [0.1, 0.15) is 5.54 Å². The Morgan fingerprint density at radius 3 is 2.19 bits per heavy atom. The minimum absolute atomic E-state index is 0.378. The van der Waals surface area contributed by atoms with Crippen LogP contribution >= 0.6 is 15.9 Å². The van der Waals surface area contributed by atoms with Crippen LogP contribution in [0, 0.1) is 0 Å². The lowest BCUT2D eigenvalue weighted by atomic mass is 10.0. The van der Waals surface area contributed by atoms with Crippen LogP contribution in [0.3, 0.4) is 0 Å². The molecular formula is C10H15BrN2O3. The smallest absolute Gasteiger partial charge is 0.107 e. The molecule has 0 spiro atoms. The standard InChI is InChI=1S/C10H15BrN2O3/c11-8-3-7(12)1-2-9(8)13-10(4-14,5-15)6-16/h1-3,13-16H,4-6,12H2. The average Bonchev–Trinajstić information content (AvgIpc) is 2.29. The lowest BCUT2D eigenvalue weighted by molar-refractivity contribution is 0.0833. The van der Waals surface area contributed by atoms with Gasteiger partial charge in [0.2, 0.25) is 0 Å². The monoisotopic (exact) mass is 290 g/mol. The highest BCUT2D eigenvalue weighted by Gasteiger charge is 2.28. The van der Waals surface area contributed by atoms with E-state index in [1.807, 2.05) is 0 Å². The Balaban J connectivity index is 2.93. The molecule has 6 N–H and O–H groups in total. The van der Waals surface area contributed by atoms with Crippen LogP contribution < -0.4 is 11.1 Å². The van der Waals surface area contributed by atoms with Crippen LogP contribution in [-0.4, -0.2) is 40.7 Å². The van der Waals surface area contributed by atoms with Crippen LogP contribution in [-0.2, 0) is 0 Å². The third kappa shape index (κ3) is 2.85. The fourth-order valence-corrected chi connectivity index (χ4v) is 1.68. The fraction of sp³-hybridized carbons (Fsp3) is 0.400. The van der Waals surface area contributed by atoms with Gasteiger partial charge in [-0.05, 0) is 34.1 Å². The van der Waals surface area contributed by atoms with Crippen LogP contribution in [0.2, 0.25) is 0 Å². The lowest BCUT2D eigenvalue weighted by Gasteiger charge is -2.30. The molecule has 16 heavy (non-hydrogen) atoms. The van der Waals surface area contributed by atoms with E-state index in [0.717, 1.165) is 0 Å². The van der Waals surface area contributed by atoms with Crippen molar-refractivity contribution in [1.82, 2.24) is 0 Å². The normalized spacial score (nSPS) is 11.5. The van der Waals surface area contributed by atoms with Crippen LogP contribution in [0.25, 0.3) is 0 Å². The molecule has 90 valence electrons. The van der Waals surface area contributed by atoms with E-state index in [4.69, 9.17) is 21.1 Å². The number of hydrogen-bond acceptors (Lipinski definition) is 5. The van der Waals surface area contributed by atoms with Crippen LogP contribution in [0.15, 0.2) is 22.7 Å². The number of hydrogen-bond donors (Lipinski definition) is 5. The first-order chi connectivity index (χ1) is 7.56. The predicted octanol–water partition coefficient (Wildman–Crippen LogP) is 0.159. The Bertz CT molecular complexity index is 348. The molecule has 1 rings (SSSR count). The van der Waals surface area contributed by atoms with Gasteiger partial charge in [0, 0.05) is 15.8 Å². The Morgan fingerprint density at radius 2 is 1.75 bits per heavy atom. The molecule has 6 heteroatoms. The molecule has 1 aromatic carbocycles. The molecule has 0 saturated heterocycles. The first kappa shape index (κ1) is 13.2.